The van der Waals surface area contributed by atoms with Crippen molar-refractivity contribution in [2.24, 2.45) is 5.41 Å². The van der Waals surface area contributed by atoms with Crippen LogP contribution in [-0.4, -0.2) is 15.0 Å². The Morgan fingerprint density at radius 2 is 2.00 bits per heavy atom. The molecule has 0 aromatic heterocycles. The molecule has 0 aliphatic carbocycles. The summed E-state index contributed by atoms with van der Waals surface area (Å²) in [6, 6.07) is 3.12. The van der Waals surface area contributed by atoms with E-state index in [4.69, 9.17) is 15.4 Å². The van der Waals surface area contributed by atoms with Gasteiger partial charge in [0, 0.05) is 16.1 Å². The largest absolute Gasteiger partial charge is 0.480 e. The molecule has 0 amide bonds. The van der Waals surface area contributed by atoms with Gasteiger partial charge in [0.05, 0.1) is 0 Å². The van der Waals surface area contributed by atoms with Crippen LogP contribution in [0.3, 0.4) is 0 Å². The van der Waals surface area contributed by atoms with Gasteiger partial charge in [0.15, 0.2) is 0 Å². The Morgan fingerprint density at radius 3 is 2.53 bits per heavy atom. The fraction of sp³-hybridized carbons (Fsp3) is 0.385. The lowest BCUT2D eigenvalue weighted by atomic mass is 9.98. The third-order valence-electron chi connectivity index (χ3n) is 1.93. The second-order valence-electron chi connectivity index (χ2n) is 4.87. The summed E-state index contributed by atoms with van der Waals surface area (Å²) in [5, 5.41) is 0. The van der Waals surface area contributed by atoms with Gasteiger partial charge in [-0.25, -0.2) is 12.8 Å². The van der Waals surface area contributed by atoms with Crippen LogP contribution in [0, 0.1) is 23.1 Å². The Kier molecular flexibility index (Phi) is 4.83. The van der Waals surface area contributed by atoms with Gasteiger partial charge in [-0.05, 0) is 39.0 Å². The lowest BCUT2D eigenvalue weighted by Crippen LogP contribution is -2.03. The van der Waals surface area contributed by atoms with Crippen LogP contribution >= 0.6 is 10.7 Å². The summed E-state index contributed by atoms with van der Waals surface area (Å²) in [4.78, 5) is -0.397. The second-order valence-corrected chi connectivity index (χ2v) is 7.40. The maximum Gasteiger partial charge on any atom is 0.265 e. The predicted molar refractivity (Wildman–Crippen MR) is 72.2 cm³/mol. The molecule has 104 valence electrons. The van der Waals surface area contributed by atoms with Crippen molar-refractivity contribution in [2.75, 3.05) is 6.61 Å². The monoisotopic (exact) mass is 304 g/mol. The van der Waals surface area contributed by atoms with E-state index < -0.39 is 19.8 Å². The zero-order valence-corrected chi connectivity index (χ0v) is 12.4. The highest BCUT2D eigenvalue weighted by Gasteiger charge is 2.17. The van der Waals surface area contributed by atoms with E-state index in [2.05, 4.69) is 11.8 Å². The maximum absolute atomic E-state index is 13.0. The standard InChI is InChI=1S/C13H14ClFO3S/c1-13(2,3)7-4-8-18-11-6-5-10(15)9-12(11)19(14,16)17/h5-6,9H,8H2,1-3H3. The fourth-order valence-electron chi connectivity index (χ4n) is 1.21. The number of halogens is 2. The fourth-order valence-corrected chi connectivity index (χ4v) is 2.19. The average Bonchev–Trinajstić information content (AvgIpc) is 2.23. The molecule has 0 fully saturated rings. The Hall–Kier alpha value is -1.25. The molecule has 0 saturated carbocycles. The quantitative estimate of drug-likeness (QED) is 0.636. The van der Waals surface area contributed by atoms with Crippen molar-refractivity contribution in [1.82, 2.24) is 0 Å². The molecule has 3 nitrogen and oxygen atoms in total. The van der Waals surface area contributed by atoms with Crippen LogP contribution in [0.2, 0.25) is 0 Å². The van der Waals surface area contributed by atoms with Crippen LogP contribution in [0.25, 0.3) is 0 Å². The summed E-state index contributed by atoms with van der Waals surface area (Å²) in [6.45, 7) is 5.81. The van der Waals surface area contributed by atoms with Gasteiger partial charge in [-0.2, -0.15) is 0 Å². The van der Waals surface area contributed by atoms with E-state index in [1.54, 1.807) is 0 Å². The Balaban J connectivity index is 2.93. The van der Waals surface area contributed by atoms with Gasteiger partial charge >= 0.3 is 0 Å². The van der Waals surface area contributed by atoms with Gasteiger partial charge in [-0.3, -0.25) is 0 Å². The molecular weight excluding hydrogens is 291 g/mol. The van der Waals surface area contributed by atoms with E-state index in [1.165, 1.54) is 6.07 Å². The SMILES string of the molecule is CC(C)(C)C#CCOc1ccc(F)cc1S(=O)(=O)Cl. The second kappa shape index (κ2) is 5.81. The number of rotatable bonds is 3. The number of hydrogen-bond donors (Lipinski definition) is 0. The van der Waals surface area contributed by atoms with Crippen molar-refractivity contribution in [3.05, 3.63) is 24.0 Å². The van der Waals surface area contributed by atoms with E-state index in [0.29, 0.717) is 0 Å². The summed E-state index contributed by atoms with van der Waals surface area (Å²) in [5.41, 5.74) is -0.173. The highest BCUT2D eigenvalue weighted by Crippen LogP contribution is 2.27. The first-order valence-corrected chi connectivity index (χ1v) is 7.77. The molecule has 0 heterocycles. The van der Waals surface area contributed by atoms with E-state index in [1.807, 2.05) is 20.8 Å². The molecule has 0 radical (unpaired) electrons. The first-order valence-electron chi connectivity index (χ1n) is 5.47. The number of ether oxygens (including phenoxy) is 1. The van der Waals surface area contributed by atoms with Crippen LogP contribution in [0.15, 0.2) is 23.1 Å². The Labute approximate surface area is 117 Å². The normalized spacial score (nSPS) is 11.6. The van der Waals surface area contributed by atoms with E-state index >= 15 is 0 Å². The van der Waals surface area contributed by atoms with E-state index in [-0.39, 0.29) is 17.8 Å². The zero-order valence-electron chi connectivity index (χ0n) is 10.8. The topological polar surface area (TPSA) is 43.4 Å². The minimum atomic E-state index is -4.06. The lowest BCUT2D eigenvalue weighted by Gasteiger charge is -2.09. The summed E-state index contributed by atoms with van der Waals surface area (Å²) in [5.74, 6) is 4.98. The van der Waals surface area contributed by atoms with Crippen LogP contribution in [0.1, 0.15) is 20.8 Å². The van der Waals surface area contributed by atoms with Gasteiger partial charge in [0.1, 0.15) is 23.1 Å². The number of hydrogen-bond acceptors (Lipinski definition) is 3. The van der Waals surface area contributed by atoms with E-state index in [9.17, 15) is 12.8 Å². The minimum absolute atomic E-state index is 0.00229. The summed E-state index contributed by atoms with van der Waals surface area (Å²) in [6.07, 6.45) is 0. The molecule has 0 N–H and O–H groups in total. The van der Waals surface area contributed by atoms with Crippen LogP contribution in [-0.2, 0) is 9.05 Å². The highest BCUT2D eigenvalue weighted by atomic mass is 35.7. The van der Waals surface area contributed by atoms with Gasteiger partial charge < -0.3 is 4.74 Å². The lowest BCUT2D eigenvalue weighted by molar-refractivity contribution is 0.358. The Bertz CT molecular complexity index is 622. The molecule has 1 aromatic carbocycles. The molecule has 0 aliphatic rings. The maximum atomic E-state index is 13.0. The molecule has 0 spiro atoms. The van der Waals surface area contributed by atoms with E-state index in [0.717, 1.165) is 12.1 Å². The van der Waals surface area contributed by atoms with Gasteiger partial charge in [-0.15, -0.1) is 0 Å². The summed E-state index contributed by atoms with van der Waals surface area (Å²) < 4.78 is 40.8. The molecule has 0 saturated heterocycles. The first-order chi connectivity index (χ1) is 8.59. The van der Waals surface area contributed by atoms with Crippen molar-refractivity contribution in [1.29, 1.82) is 0 Å². The third-order valence-corrected chi connectivity index (χ3v) is 3.27. The summed E-state index contributed by atoms with van der Waals surface area (Å²) in [7, 11) is 1.15. The van der Waals surface area contributed by atoms with Crippen molar-refractivity contribution in [3.8, 4) is 17.6 Å². The average molecular weight is 305 g/mol. The molecule has 6 heteroatoms. The zero-order chi connectivity index (χ0) is 14.7. The molecule has 0 atom stereocenters. The van der Waals surface area contributed by atoms with Crippen LogP contribution in [0.4, 0.5) is 4.39 Å². The van der Waals surface area contributed by atoms with Crippen molar-refractivity contribution in [3.63, 3.8) is 0 Å². The molecular formula is C13H14ClFO3S. The van der Waals surface area contributed by atoms with Gasteiger partial charge in [0.2, 0.25) is 0 Å². The minimum Gasteiger partial charge on any atom is -0.480 e. The molecule has 0 aliphatic heterocycles. The molecule has 1 rings (SSSR count). The molecule has 0 bridgehead atoms. The smallest absolute Gasteiger partial charge is 0.265 e. The van der Waals surface area contributed by atoms with Crippen LogP contribution < -0.4 is 4.74 Å². The molecule has 1 aromatic rings. The molecule has 19 heavy (non-hydrogen) atoms. The Morgan fingerprint density at radius 1 is 1.37 bits per heavy atom. The van der Waals surface area contributed by atoms with Crippen molar-refractivity contribution in [2.45, 2.75) is 25.7 Å². The third kappa shape index (κ3) is 5.50. The summed E-state index contributed by atoms with van der Waals surface area (Å²) >= 11 is 0. The van der Waals surface area contributed by atoms with Gasteiger partial charge in [-0.1, -0.05) is 11.8 Å². The van der Waals surface area contributed by atoms with Crippen molar-refractivity contribution >= 4 is 19.7 Å². The number of benzene rings is 1. The first kappa shape index (κ1) is 15.8. The van der Waals surface area contributed by atoms with Crippen LogP contribution in [0.5, 0.6) is 5.75 Å². The highest BCUT2D eigenvalue weighted by molar-refractivity contribution is 8.13. The van der Waals surface area contributed by atoms with Crippen molar-refractivity contribution < 1.29 is 17.5 Å². The molecule has 0 unspecified atom stereocenters. The van der Waals surface area contributed by atoms with Gasteiger partial charge in [0.25, 0.3) is 9.05 Å². The predicted octanol–water partition coefficient (Wildman–Crippen LogP) is 3.18.